The zero-order valence-electron chi connectivity index (χ0n) is 7.56. The van der Waals surface area contributed by atoms with E-state index in [2.05, 4.69) is 0 Å². The molecule has 0 bridgehead atoms. The number of alkyl halides is 1. The molecular weight excluding hydrogens is 189 g/mol. The Hall–Kier alpha value is -0.600. The maximum atomic E-state index is 13.3. The van der Waals surface area contributed by atoms with Gasteiger partial charge in [-0.25, -0.2) is 4.39 Å². The van der Waals surface area contributed by atoms with Gasteiger partial charge in [-0.3, -0.25) is 0 Å². The molecule has 0 aliphatic carbocycles. The minimum Gasteiger partial charge on any atom is -0.330 e. The zero-order valence-corrected chi connectivity index (χ0v) is 8.31. The van der Waals surface area contributed by atoms with E-state index in [1.807, 2.05) is 13.0 Å². The number of halogens is 2. The van der Waals surface area contributed by atoms with E-state index >= 15 is 0 Å². The number of benzene rings is 1. The zero-order chi connectivity index (χ0) is 9.84. The summed E-state index contributed by atoms with van der Waals surface area (Å²) in [5.74, 6) is 0. The molecule has 3 heteroatoms. The number of hydrogen-bond acceptors (Lipinski definition) is 1. The number of rotatable bonds is 3. The van der Waals surface area contributed by atoms with Crippen LogP contribution in [0.5, 0.6) is 0 Å². The van der Waals surface area contributed by atoms with Gasteiger partial charge >= 0.3 is 0 Å². The van der Waals surface area contributed by atoms with Gasteiger partial charge in [0.25, 0.3) is 0 Å². The molecule has 1 nitrogen and oxygen atoms in total. The predicted octanol–water partition coefficient (Wildman–Crippen LogP) is 3.01. The van der Waals surface area contributed by atoms with Crippen molar-refractivity contribution in [3.63, 3.8) is 0 Å². The highest BCUT2D eigenvalue weighted by atomic mass is 35.5. The lowest BCUT2D eigenvalue weighted by Gasteiger charge is -2.08. The topological polar surface area (TPSA) is 26.0 Å². The Labute approximate surface area is 82.7 Å². The molecule has 1 aromatic rings. The van der Waals surface area contributed by atoms with E-state index in [-0.39, 0.29) is 0 Å². The van der Waals surface area contributed by atoms with Gasteiger partial charge in [-0.15, -0.1) is 0 Å². The molecule has 0 amide bonds. The van der Waals surface area contributed by atoms with Gasteiger partial charge in [0, 0.05) is 5.02 Å². The Morgan fingerprint density at radius 2 is 2.23 bits per heavy atom. The third-order valence-corrected chi connectivity index (χ3v) is 2.38. The molecule has 0 saturated carbocycles. The second-order valence-corrected chi connectivity index (χ2v) is 3.46. The average Bonchev–Trinajstić information content (AvgIpc) is 2.10. The van der Waals surface area contributed by atoms with Crippen molar-refractivity contribution in [1.82, 2.24) is 0 Å². The van der Waals surface area contributed by atoms with Crippen molar-refractivity contribution in [2.75, 3.05) is 6.54 Å². The summed E-state index contributed by atoms with van der Waals surface area (Å²) in [6, 6.07) is 5.24. The molecule has 0 heterocycles. The summed E-state index contributed by atoms with van der Waals surface area (Å²) >= 11 is 5.86. The summed E-state index contributed by atoms with van der Waals surface area (Å²) in [6.45, 7) is 2.24. The fourth-order valence-corrected chi connectivity index (χ4v) is 1.31. The van der Waals surface area contributed by atoms with E-state index in [9.17, 15) is 4.39 Å². The molecule has 2 N–H and O–H groups in total. The smallest absolute Gasteiger partial charge is 0.126 e. The third-order valence-electron chi connectivity index (χ3n) is 1.98. The molecule has 1 aromatic carbocycles. The number of aryl methyl sites for hydroxylation is 1. The van der Waals surface area contributed by atoms with Gasteiger partial charge < -0.3 is 5.73 Å². The first-order chi connectivity index (χ1) is 6.15. The van der Waals surface area contributed by atoms with Crippen LogP contribution < -0.4 is 5.73 Å². The Bertz CT molecular complexity index is 288. The summed E-state index contributed by atoms with van der Waals surface area (Å²) in [7, 11) is 0. The molecule has 0 fully saturated rings. The lowest BCUT2D eigenvalue weighted by molar-refractivity contribution is 0.327. The van der Waals surface area contributed by atoms with Crippen LogP contribution in [0, 0.1) is 6.92 Å². The summed E-state index contributed by atoms with van der Waals surface area (Å²) in [6.07, 6.45) is -0.651. The van der Waals surface area contributed by atoms with E-state index in [1.54, 1.807) is 12.1 Å². The maximum absolute atomic E-state index is 13.3. The molecule has 72 valence electrons. The van der Waals surface area contributed by atoms with Crippen LogP contribution in [0.2, 0.25) is 5.02 Å². The summed E-state index contributed by atoms with van der Waals surface area (Å²) in [4.78, 5) is 0. The van der Waals surface area contributed by atoms with Crippen molar-refractivity contribution in [2.45, 2.75) is 19.5 Å². The third kappa shape index (κ3) is 2.68. The first-order valence-electron chi connectivity index (χ1n) is 4.25. The Morgan fingerprint density at radius 1 is 1.54 bits per heavy atom. The van der Waals surface area contributed by atoms with Gasteiger partial charge in [0.2, 0.25) is 0 Å². The van der Waals surface area contributed by atoms with Crippen molar-refractivity contribution in [1.29, 1.82) is 0 Å². The molecule has 13 heavy (non-hydrogen) atoms. The van der Waals surface area contributed by atoms with Gasteiger partial charge in [0.1, 0.15) is 6.17 Å². The van der Waals surface area contributed by atoms with Crippen LogP contribution in [0.25, 0.3) is 0 Å². The quantitative estimate of drug-likeness (QED) is 0.800. The van der Waals surface area contributed by atoms with Gasteiger partial charge in [-0.05, 0) is 37.1 Å². The van der Waals surface area contributed by atoms with Crippen LogP contribution in [0.1, 0.15) is 23.7 Å². The number of hydrogen-bond donors (Lipinski definition) is 1. The van der Waals surface area contributed by atoms with Gasteiger partial charge in [-0.2, -0.15) is 0 Å². The highest BCUT2D eigenvalue weighted by Gasteiger charge is 2.09. The minimum atomic E-state index is -0.997. The lowest BCUT2D eigenvalue weighted by Crippen LogP contribution is -2.03. The van der Waals surface area contributed by atoms with E-state index in [1.165, 1.54) is 0 Å². The normalized spacial score (nSPS) is 12.9. The first-order valence-corrected chi connectivity index (χ1v) is 4.63. The van der Waals surface area contributed by atoms with Crippen molar-refractivity contribution >= 4 is 11.6 Å². The molecule has 1 atom stereocenters. The van der Waals surface area contributed by atoms with Crippen LogP contribution >= 0.6 is 11.6 Å². The van der Waals surface area contributed by atoms with E-state index in [0.29, 0.717) is 23.6 Å². The van der Waals surface area contributed by atoms with Gasteiger partial charge in [0.05, 0.1) is 0 Å². The van der Waals surface area contributed by atoms with Crippen LogP contribution in [0.15, 0.2) is 18.2 Å². The molecule has 0 saturated heterocycles. The summed E-state index contributed by atoms with van der Waals surface area (Å²) in [5.41, 5.74) is 6.84. The van der Waals surface area contributed by atoms with Crippen LogP contribution in [-0.2, 0) is 0 Å². The lowest BCUT2D eigenvalue weighted by atomic mass is 10.1. The van der Waals surface area contributed by atoms with Crippen LogP contribution in [0.4, 0.5) is 4.39 Å². The molecule has 0 aliphatic heterocycles. The molecule has 0 radical (unpaired) electrons. The van der Waals surface area contributed by atoms with Crippen LogP contribution in [0.3, 0.4) is 0 Å². The van der Waals surface area contributed by atoms with Crippen LogP contribution in [-0.4, -0.2) is 6.54 Å². The molecule has 0 aromatic heterocycles. The Balaban J connectivity index is 2.84. The van der Waals surface area contributed by atoms with E-state index < -0.39 is 6.17 Å². The van der Waals surface area contributed by atoms with Crippen molar-refractivity contribution in [3.05, 3.63) is 34.3 Å². The monoisotopic (exact) mass is 201 g/mol. The minimum absolute atomic E-state index is 0.347. The van der Waals surface area contributed by atoms with Crippen molar-refractivity contribution in [3.8, 4) is 0 Å². The van der Waals surface area contributed by atoms with Crippen molar-refractivity contribution in [2.24, 2.45) is 5.73 Å². The summed E-state index contributed by atoms with van der Waals surface area (Å²) < 4.78 is 13.3. The average molecular weight is 202 g/mol. The molecule has 1 rings (SSSR count). The SMILES string of the molecule is Cc1ccc(C(F)CCN)cc1Cl. The second kappa shape index (κ2) is 4.58. The van der Waals surface area contributed by atoms with E-state index in [0.717, 1.165) is 5.56 Å². The fraction of sp³-hybridized carbons (Fsp3) is 0.400. The highest BCUT2D eigenvalue weighted by molar-refractivity contribution is 6.31. The standard InChI is InChI=1S/C10H13ClFN/c1-7-2-3-8(6-9(7)11)10(12)4-5-13/h2-3,6,10H,4-5,13H2,1H3. The molecule has 0 aliphatic rings. The Kier molecular flexibility index (Phi) is 3.70. The largest absolute Gasteiger partial charge is 0.330 e. The first kappa shape index (κ1) is 10.5. The highest BCUT2D eigenvalue weighted by Crippen LogP contribution is 2.25. The number of nitrogens with two attached hydrogens (primary N) is 1. The summed E-state index contributed by atoms with van der Waals surface area (Å²) in [5, 5.41) is 0.608. The Morgan fingerprint density at radius 3 is 2.77 bits per heavy atom. The maximum Gasteiger partial charge on any atom is 0.126 e. The molecule has 1 unspecified atom stereocenters. The predicted molar refractivity (Wildman–Crippen MR) is 53.7 cm³/mol. The van der Waals surface area contributed by atoms with E-state index in [4.69, 9.17) is 17.3 Å². The molecular formula is C10H13ClFN. The van der Waals surface area contributed by atoms with Crippen molar-refractivity contribution < 1.29 is 4.39 Å². The van der Waals surface area contributed by atoms with Gasteiger partial charge in [-0.1, -0.05) is 23.7 Å². The second-order valence-electron chi connectivity index (χ2n) is 3.05. The molecule has 0 spiro atoms. The van der Waals surface area contributed by atoms with Gasteiger partial charge in [0.15, 0.2) is 0 Å². The fourth-order valence-electron chi connectivity index (χ4n) is 1.12.